The molecule has 0 atom stereocenters. The second kappa shape index (κ2) is 5.90. The van der Waals surface area contributed by atoms with Gasteiger partial charge in [0.1, 0.15) is 0 Å². The van der Waals surface area contributed by atoms with E-state index < -0.39 is 0 Å². The molecule has 106 valence electrons. The molecule has 4 heteroatoms. The van der Waals surface area contributed by atoms with Gasteiger partial charge in [-0.25, -0.2) is 0 Å². The van der Waals surface area contributed by atoms with Gasteiger partial charge in [0.25, 0.3) is 5.91 Å². The third-order valence-corrected chi connectivity index (χ3v) is 3.35. The van der Waals surface area contributed by atoms with Crippen LogP contribution < -0.4 is 5.32 Å². The lowest BCUT2D eigenvalue weighted by Crippen LogP contribution is -2.28. The third-order valence-electron chi connectivity index (χ3n) is 3.35. The van der Waals surface area contributed by atoms with Crippen LogP contribution in [0.25, 0.3) is 0 Å². The Balaban J connectivity index is 1.95. The quantitative estimate of drug-likeness (QED) is 0.929. The lowest BCUT2D eigenvalue weighted by molar-refractivity contribution is 0.0951. The monoisotopic (exact) mass is 271 g/mol. The maximum atomic E-state index is 12.2. The summed E-state index contributed by atoms with van der Waals surface area (Å²) in [5, 5.41) is 7.33. The van der Waals surface area contributed by atoms with E-state index in [1.165, 1.54) is 0 Å². The largest absolute Gasteiger partial charge is 0.350 e. The van der Waals surface area contributed by atoms with E-state index in [0.717, 1.165) is 28.1 Å². The Hall–Kier alpha value is -2.10. The van der Waals surface area contributed by atoms with Crippen LogP contribution in [0.3, 0.4) is 0 Å². The number of rotatable bonds is 4. The van der Waals surface area contributed by atoms with Gasteiger partial charge < -0.3 is 5.32 Å². The first-order chi connectivity index (χ1) is 9.47. The molecular formula is C16H21N3O. The molecule has 20 heavy (non-hydrogen) atoms. The van der Waals surface area contributed by atoms with E-state index in [1.54, 1.807) is 0 Å². The molecule has 0 aliphatic rings. The highest BCUT2D eigenvalue weighted by Gasteiger charge is 2.09. The average Bonchev–Trinajstić information content (AvgIpc) is 2.71. The van der Waals surface area contributed by atoms with Gasteiger partial charge in [-0.3, -0.25) is 9.48 Å². The first kappa shape index (κ1) is 14.3. The van der Waals surface area contributed by atoms with Gasteiger partial charge in [0.15, 0.2) is 0 Å². The van der Waals surface area contributed by atoms with E-state index >= 15 is 0 Å². The summed E-state index contributed by atoms with van der Waals surface area (Å²) in [5.74, 6) is -0.0206. The van der Waals surface area contributed by atoms with Crippen molar-refractivity contribution in [1.29, 1.82) is 0 Å². The minimum absolute atomic E-state index is 0.0206. The number of hydrogen-bond donors (Lipinski definition) is 1. The summed E-state index contributed by atoms with van der Waals surface area (Å²) < 4.78 is 1.92. The molecule has 1 amide bonds. The minimum atomic E-state index is -0.0206. The smallest absolute Gasteiger partial charge is 0.251 e. The van der Waals surface area contributed by atoms with E-state index in [4.69, 9.17) is 0 Å². The van der Waals surface area contributed by atoms with Crippen molar-refractivity contribution in [2.24, 2.45) is 0 Å². The molecule has 1 aromatic carbocycles. The molecule has 0 saturated heterocycles. The Labute approximate surface area is 119 Å². The molecule has 1 heterocycles. The predicted octanol–water partition coefficient (Wildman–Crippen LogP) is 2.55. The molecule has 4 nitrogen and oxygen atoms in total. The summed E-state index contributed by atoms with van der Waals surface area (Å²) in [6.45, 7) is 9.20. The fraction of sp³-hybridized carbons (Fsp3) is 0.375. The Morgan fingerprint density at radius 1 is 1.20 bits per heavy atom. The Bertz CT molecular complexity index is 629. The van der Waals surface area contributed by atoms with Gasteiger partial charge in [-0.15, -0.1) is 0 Å². The minimum Gasteiger partial charge on any atom is -0.350 e. The number of aryl methyl sites for hydroxylation is 4. The number of carbonyl (C=O) groups is 1. The zero-order chi connectivity index (χ0) is 14.7. The van der Waals surface area contributed by atoms with E-state index in [1.807, 2.05) is 56.6 Å². The lowest BCUT2D eigenvalue weighted by Gasteiger charge is -2.09. The third kappa shape index (κ3) is 3.26. The van der Waals surface area contributed by atoms with Gasteiger partial charge in [-0.1, -0.05) is 17.7 Å². The maximum absolute atomic E-state index is 12.2. The number of nitrogens with zero attached hydrogens (tertiary/aromatic N) is 2. The van der Waals surface area contributed by atoms with Crippen LogP contribution in [0.2, 0.25) is 0 Å². The number of aromatic nitrogens is 2. The van der Waals surface area contributed by atoms with Gasteiger partial charge in [0.05, 0.1) is 12.2 Å². The van der Waals surface area contributed by atoms with Crippen LogP contribution >= 0.6 is 0 Å². The van der Waals surface area contributed by atoms with Gasteiger partial charge in [0.2, 0.25) is 0 Å². The fourth-order valence-corrected chi connectivity index (χ4v) is 2.25. The topological polar surface area (TPSA) is 46.9 Å². The molecule has 0 radical (unpaired) electrons. The van der Waals surface area contributed by atoms with Crippen LogP contribution in [-0.2, 0) is 6.54 Å². The zero-order valence-electron chi connectivity index (χ0n) is 12.5. The normalized spacial score (nSPS) is 10.6. The van der Waals surface area contributed by atoms with E-state index in [0.29, 0.717) is 13.1 Å². The summed E-state index contributed by atoms with van der Waals surface area (Å²) in [6.07, 6.45) is 0. The highest BCUT2D eigenvalue weighted by atomic mass is 16.1. The number of amides is 1. The molecule has 0 saturated carbocycles. The number of nitrogens with one attached hydrogen (secondary N) is 1. The Morgan fingerprint density at radius 2 is 1.95 bits per heavy atom. The molecule has 0 aliphatic carbocycles. The first-order valence-electron chi connectivity index (χ1n) is 6.84. The maximum Gasteiger partial charge on any atom is 0.251 e. The van der Waals surface area contributed by atoms with Crippen molar-refractivity contribution < 1.29 is 4.79 Å². The summed E-state index contributed by atoms with van der Waals surface area (Å²) in [7, 11) is 0. The molecule has 0 unspecified atom stereocenters. The molecule has 0 fully saturated rings. The first-order valence-corrected chi connectivity index (χ1v) is 6.84. The summed E-state index contributed by atoms with van der Waals surface area (Å²) >= 11 is 0. The fourth-order valence-electron chi connectivity index (χ4n) is 2.25. The molecule has 0 bridgehead atoms. The molecule has 0 spiro atoms. The van der Waals surface area contributed by atoms with Gasteiger partial charge in [-0.05, 0) is 45.4 Å². The summed E-state index contributed by atoms with van der Waals surface area (Å²) in [5.41, 5.74) is 4.96. The molecule has 1 N–H and O–H groups in total. The van der Waals surface area contributed by atoms with Crippen molar-refractivity contribution in [3.63, 3.8) is 0 Å². The number of benzene rings is 1. The van der Waals surface area contributed by atoms with Crippen molar-refractivity contribution in [2.45, 2.75) is 34.2 Å². The lowest BCUT2D eigenvalue weighted by atomic mass is 10.1. The van der Waals surface area contributed by atoms with Crippen molar-refractivity contribution in [1.82, 2.24) is 15.1 Å². The SMILES string of the molecule is Cc1ccc(C)c(C(=O)NCCn2nc(C)cc2C)c1. The second-order valence-corrected chi connectivity index (χ2v) is 5.22. The van der Waals surface area contributed by atoms with Crippen LogP contribution in [-0.4, -0.2) is 22.2 Å². The second-order valence-electron chi connectivity index (χ2n) is 5.22. The van der Waals surface area contributed by atoms with Crippen LogP contribution in [0.15, 0.2) is 24.3 Å². The number of hydrogen-bond acceptors (Lipinski definition) is 2. The average molecular weight is 271 g/mol. The van der Waals surface area contributed by atoms with Crippen molar-refractivity contribution in [3.05, 3.63) is 52.3 Å². The van der Waals surface area contributed by atoms with Gasteiger partial charge in [0, 0.05) is 17.8 Å². The highest BCUT2D eigenvalue weighted by Crippen LogP contribution is 2.10. The van der Waals surface area contributed by atoms with Crippen LogP contribution in [0.1, 0.15) is 32.9 Å². The van der Waals surface area contributed by atoms with Crippen molar-refractivity contribution in [2.75, 3.05) is 6.54 Å². The van der Waals surface area contributed by atoms with E-state index in [-0.39, 0.29) is 5.91 Å². The molecule has 2 rings (SSSR count). The standard InChI is InChI=1S/C16H21N3O/c1-11-5-6-12(2)15(9-11)16(20)17-7-8-19-14(4)10-13(3)18-19/h5-6,9-10H,7-8H2,1-4H3,(H,17,20). The summed E-state index contributed by atoms with van der Waals surface area (Å²) in [6, 6.07) is 7.95. The van der Waals surface area contributed by atoms with Crippen molar-refractivity contribution in [3.8, 4) is 0 Å². The number of carbonyl (C=O) groups excluding carboxylic acids is 1. The van der Waals surface area contributed by atoms with Crippen LogP contribution in [0.5, 0.6) is 0 Å². The zero-order valence-corrected chi connectivity index (χ0v) is 12.5. The van der Waals surface area contributed by atoms with E-state index in [2.05, 4.69) is 10.4 Å². The Morgan fingerprint density at radius 3 is 2.60 bits per heavy atom. The van der Waals surface area contributed by atoms with Crippen LogP contribution in [0.4, 0.5) is 0 Å². The Kier molecular flexibility index (Phi) is 4.23. The molecule has 0 aliphatic heterocycles. The molecule has 1 aromatic heterocycles. The summed E-state index contributed by atoms with van der Waals surface area (Å²) in [4.78, 5) is 12.2. The van der Waals surface area contributed by atoms with Crippen molar-refractivity contribution >= 4 is 5.91 Å². The van der Waals surface area contributed by atoms with Crippen LogP contribution in [0, 0.1) is 27.7 Å². The van der Waals surface area contributed by atoms with Gasteiger partial charge >= 0.3 is 0 Å². The highest BCUT2D eigenvalue weighted by molar-refractivity contribution is 5.95. The molecule has 2 aromatic rings. The van der Waals surface area contributed by atoms with Gasteiger partial charge in [-0.2, -0.15) is 5.10 Å². The molecular weight excluding hydrogens is 250 g/mol. The van der Waals surface area contributed by atoms with E-state index in [9.17, 15) is 4.79 Å². The predicted molar refractivity (Wildman–Crippen MR) is 80.0 cm³/mol.